The minimum Gasteiger partial charge on any atom is -0.171 e. The summed E-state index contributed by atoms with van der Waals surface area (Å²) in [5.74, 6) is 0.168. The van der Waals surface area contributed by atoms with E-state index in [0.29, 0.717) is 24.2 Å². The molecule has 0 aromatic rings. The van der Waals surface area contributed by atoms with Crippen LogP contribution in [0.2, 0.25) is 0 Å². The van der Waals surface area contributed by atoms with Gasteiger partial charge >= 0.3 is 6.18 Å². The molecule has 12 heavy (non-hydrogen) atoms. The van der Waals surface area contributed by atoms with Crippen LogP contribution < -0.4 is 0 Å². The normalized spacial score (nSPS) is 38.0. The molecule has 3 atom stereocenters. The summed E-state index contributed by atoms with van der Waals surface area (Å²) in [5.41, 5.74) is 0. The van der Waals surface area contributed by atoms with Gasteiger partial charge in [0.25, 0.3) is 0 Å². The summed E-state index contributed by atoms with van der Waals surface area (Å²) in [7, 11) is 0. The Balaban J connectivity index is 2.33. The Morgan fingerprint density at radius 1 is 1.17 bits per heavy atom. The fourth-order valence-corrected chi connectivity index (χ4v) is 1.74. The summed E-state index contributed by atoms with van der Waals surface area (Å²) >= 11 is 0. The Kier molecular flexibility index (Phi) is 2.41. The van der Waals surface area contributed by atoms with Crippen molar-refractivity contribution in [3.05, 3.63) is 0 Å². The van der Waals surface area contributed by atoms with Crippen LogP contribution in [0.3, 0.4) is 0 Å². The van der Waals surface area contributed by atoms with E-state index >= 15 is 0 Å². The first kappa shape index (κ1) is 9.87. The summed E-state index contributed by atoms with van der Waals surface area (Å²) < 4.78 is 36.3. The van der Waals surface area contributed by atoms with Crippen LogP contribution in [0.25, 0.3) is 0 Å². The van der Waals surface area contributed by atoms with Gasteiger partial charge < -0.3 is 0 Å². The maximum Gasteiger partial charge on any atom is 0.391 e. The average Bonchev–Trinajstić information content (AvgIpc) is 2.43. The van der Waals surface area contributed by atoms with Gasteiger partial charge in [-0.25, -0.2) is 0 Å². The van der Waals surface area contributed by atoms with Crippen LogP contribution >= 0.6 is 0 Å². The Hall–Kier alpha value is -0.210. The largest absolute Gasteiger partial charge is 0.391 e. The minimum atomic E-state index is -4.00. The van der Waals surface area contributed by atoms with Crippen molar-refractivity contribution >= 4 is 0 Å². The zero-order valence-corrected chi connectivity index (χ0v) is 7.65. The molecule has 0 amide bonds. The van der Waals surface area contributed by atoms with E-state index in [9.17, 15) is 13.2 Å². The van der Waals surface area contributed by atoms with Crippen LogP contribution in [0.15, 0.2) is 0 Å². The molecule has 0 aromatic heterocycles. The summed E-state index contributed by atoms with van der Waals surface area (Å²) in [6.45, 7) is 5.33. The third-order valence-corrected chi connectivity index (χ3v) is 3.22. The number of alkyl halides is 3. The van der Waals surface area contributed by atoms with Gasteiger partial charge in [0.15, 0.2) is 0 Å². The smallest absolute Gasteiger partial charge is 0.171 e. The van der Waals surface area contributed by atoms with Crippen molar-refractivity contribution in [3.63, 3.8) is 0 Å². The van der Waals surface area contributed by atoms with Gasteiger partial charge in [0.05, 0.1) is 5.92 Å². The SMILES string of the molecule is CC1C(C)C1CC(C)C(F)(F)F. The number of hydrogen-bond acceptors (Lipinski definition) is 0. The van der Waals surface area contributed by atoms with Crippen molar-refractivity contribution in [2.24, 2.45) is 23.7 Å². The molecule has 0 spiro atoms. The van der Waals surface area contributed by atoms with E-state index in [1.165, 1.54) is 6.92 Å². The molecule has 0 aromatic carbocycles. The van der Waals surface area contributed by atoms with Crippen LogP contribution in [0.5, 0.6) is 0 Å². The van der Waals surface area contributed by atoms with Crippen LogP contribution in [0.4, 0.5) is 13.2 Å². The van der Waals surface area contributed by atoms with Crippen molar-refractivity contribution < 1.29 is 13.2 Å². The van der Waals surface area contributed by atoms with E-state index in [4.69, 9.17) is 0 Å². The van der Waals surface area contributed by atoms with Crippen molar-refractivity contribution in [2.45, 2.75) is 33.4 Å². The first-order chi connectivity index (χ1) is 5.34. The molecule has 1 aliphatic rings. The van der Waals surface area contributed by atoms with Crippen molar-refractivity contribution in [1.82, 2.24) is 0 Å². The first-order valence-electron chi connectivity index (χ1n) is 4.40. The summed E-state index contributed by atoms with van der Waals surface area (Å²) in [5, 5.41) is 0. The maximum absolute atomic E-state index is 12.1. The molecule has 0 saturated heterocycles. The van der Waals surface area contributed by atoms with Crippen molar-refractivity contribution in [1.29, 1.82) is 0 Å². The van der Waals surface area contributed by atoms with Gasteiger partial charge in [-0.3, -0.25) is 0 Å². The van der Waals surface area contributed by atoms with Crippen molar-refractivity contribution in [3.8, 4) is 0 Å². The predicted octanol–water partition coefficient (Wildman–Crippen LogP) is 3.48. The lowest BCUT2D eigenvalue weighted by Crippen LogP contribution is -2.20. The zero-order chi connectivity index (χ0) is 9.52. The average molecular weight is 180 g/mol. The molecule has 0 aliphatic heterocycles. The quantitative estimate of drug-likeness (QED) is 0.610. The maximum atomic E-state index is 12.1. The highest BCUT2D eigenvalue weighted by Crippen LogP contribution is 2.50. The van der Waals surface area contributed by atoms with Gasteiger partial charge in [0.2, 0.25) is 0 Å². The highest BCUT2D eigenvalue weighted by molar-refractivity contribution is 4.92. The zero-order valence-electron chi connectivity index (χ0n) is 7.65. The fourth-order valence-electron chi connectivity index (χ4n) is 1.74. The number of halogens is 3. The van der Waals surface area contributed by atoms with Crippen LogP contribution in [0.1, 0.15) is 27.2 Å². The molecule has 0 heterocycles. The lowest BCUT2D eigenvalue weighted by Gasteiger charge is -2.14. The number of hydrogen-bond donors (Lipinski definition) is 0. The molecule has 3 heteroatoms. The van der Waals surface area contributed by atoms with E-state index < -0.39 is 12.1 Å². The molecule has 1 saturated carbocycles. The topological polar surface area (TPSA) is 0 Å². The van der Waals surface area contributed by atoms with E-state index in [2.05, 4.69) is 0 Å². The summed E-state index contributed by atoms with van der Waals surface area (Å²) in [4.78, 5) is 0. The molecule has 0 N–H and O–H groups in total. The van der Waals surface area contributed by atoms with E-state index in [1.54, 1.807) is 0 Å². The molecule has 0 nitrogen and oxygen atoms in total. The van der Waals surface area contributed by atoms with Gasteiger partial charge in [0, 0.05) is 0 Å². The van der Waals surface area contributed by atoms with E-state index in [0.717, 1.165) is 0 Å². The second-order valence-electron chi connectivity index (χ2n) is 4.06. The third-order valence-electron chi connectivity index (χ3n) is 3.22. The Morgan fingerprint density at radius 2 is 1.58 bits per heavy atom. The van der Waals surface area contributed by atoms with Gasteiger partial charge in [-0.1, -0.05) is 20.8 Å². The Bertz CT molecular complexity index is 154. The van der Waals surface area contributed by atoms with Crippen LogP contribution in [-0.4, -0.2) is 6.18 Å². The van der Waals surface area contributed by atoms with Crippen LogP contribution in [0, 0.1) is 23.7 Å². The highest BCUT2D eigenvalue weighted by atomic mass is 19.4. The van der Waals surface area contributed by atoms with E-state index in [-0.39, 0.29) is 0 Å². The second-order valence-corrected chi connectivity index (χ2v) is 4.06. The second kappa shape index (κ2) is 2.93. The highest BCUT2D eigenvalue weighted by Gasteiger charge is 2.47. The summed E-state index contributed by atoms with van der Waals surface area (Å²) in [6, 6.07) is 0. The standard InChI is InChI=1S/C9H15F3/c1-5(9(10,11)12)4-8-6(2)7(8)3/h5-8H,4H2,1-3H3. The molecule has 0 bridgehead atoms. The Labute approximate surface area is 71.1 Å². The first-order valence-corrected chi connectivity index (χ1v) is 4.40. The molecular weight excluding hydrogens is 165 g/mol. The van der Waals surface area contributed by atoms with Gasteiger partial charge in [-0.15, -0.1) is 0 Å². The van der Waals surface area contributed by atoms with Gasteiger partial charge in [-0.2, -0.15) is 13.2 Å². The molecule has 1 aliphatic carbocycles. The van der Waals surface area contributed by atoms with Gasteiger partial charge in [-0.05, 0) is 24.2 Å². The predicted molar refractivity (Wildman–Crippen MR) is 41.7 cm³/mol. The Morgan fingerprint density at radius 3 is 1.83 bits per heavy atom. The van der Waals surface area contributed by atoms with Crippen molar-refractivity contribution in [2.75, 3.05) is 0 Å². The summed E-state index contributed by atoms with van der Waals surface area (Å²) in [6.07, 6.45) is -3.69. The van der Waals surface area contributed by atoms with E-state index in [1.807, 2.05) is 13.8 Å². The monoisotopic (exact) mass is 180 g/mol. The molecule has 3 unspecified atom stereocenters. The molecule has 1 rings (SSSR count). The van der Waals surface area contributed by atoms with Gasteiger partial charge in [0.1, 0.15) is 0 Å². The lowest BCUT2D eigenvalue weighted by molar-refractivity contribution is -0.172. The lowest BCUT2D eigenvalue weighted by atomic mass is 10.0. The van der Waals surface area contributed by atoms with Crippen LogP contribution in [-0.2, 0) is 0 Å². The fraction of sp³-hybridized carbons (Fsp3) is 1.00. The molecule has 72 valence electrons. The number of rotatable bonds is 2. The molecular formula is C9H15F3. The minimum absolute atomic E-state index is 0.307. The molecule has 1 fully saturated rings. The third kappa shape index (κ3) is 1.93. The molecule has 0 radical (unpaired) electrons.